The van der Waals surface area contributed by atoms with Crippen LogP contribution in [-0.4, -0.2) is 17.0 Å². The number of carboxylic acid groups (broad SMARTS) is 1. The van der Waals surface area contributed by atoms with E-state index < -0.39 is 5.97 Å². The lowest BCUT2D eigenvalue weighted by atomic mass is 9.97. The Hall–Kier alpha value is -2.10. The number of fused-ring (bicyclic) bond motifs is 1. The van der Waals surface area contributed by atoms with Gasteiger partial charge in [-0.1, -0.05) is 6.07 Å². The van der Waals surface area contributed by atoms with Gasteiger partial charge in [0.15, 0.2) is 0 Å². The molecule has 4 nitrogen and oxygen atoms in total. The first kappa shape index (κ1) is 11.4. The number of allylic oxidation sites excluding steroid dienone is 1. The molecule has 0 saturated heterocycles. The minimum Gasteiger partial charge on any atom is -0.478 e. The lowest BCUT2D eigenvalue weighted by Crippen LogP contribution is -2.18. The van der Waals surface area contributed by atoms with Gasteiger partial charge < -0.3 is 10.4 Å². The minimum atomic E-state index is -0.950. The Morgan fingerprint density at radius 1 is 1.41 bits per heavy atom. The van der Waals surface area contributed by atoms with E-state index in [-0.39, 0.29) is 5.91 Å². The smallest absolute Gasteiger partial charge is 0.328 e. The number of hydrogen-bond donors (Lipinski definition) is 2. The second kappa shape index (κ2) is 4.41. The molecule has 0 unspecified atom stereocenters. The molecule has 0 bridgehead atoms. The molecule has 0 spiro atoms. The van der Waals surface area contributed by atoms with Gasteiger partial charge in [0.25, 0.3) is 0 Å². The van der Waals surface area contributed by atoms with Gasteiger partial charge in [-0.25, -0.2) is 4.79 Å². The Balaban J connectivity index is 2.34. The first-order valence-corrected chi connectivity index (χ1v) is 5.40. The fourth-order valence-corrected chi connectivity index (χ4v) is 1.90. The second-order valence-corrected chi connectivity index (χ2v) is 4.09. The topological polar surface area (TPSA) is 66.4 Å². The molecule has 0 aliphatic carbocycles. The third-order valence-electron chi connectivity index (χ3n) is 2.80. The van der Waals surface area contributed by atoms with E-state index in [1.165, 1.54) is 6.08 Å². The van der Waals surface area contributed by atoms with E-state index in [4.69, 9.17) is 5.11 Å². The third-order valence-corrected chi connectivity index (χ3v) is 2.80. The van der Waals surface area contributed by atoms with Crippen molar-refractivity contribution >= 4 is 23.1 Å². The summed E-state index contributed by atoms with van der Waals surface area (Å²) in [4.78, 5) is 21.8. The van der Waals surface area contributed by atoms with Gasteiger partial charge in [0.1, 0.15) is 0 Å². The molecular weight excluding hydrogens is 218 g/mol. The first-order chi connectivity index (χ1) is 8.06. The van der Waals surface area contributed by atoms with E-state index in [0.29, 0.717) is 18.4 Å². The standard InChI is InChI=1S/C13H13NO3/c1-8(6-13(16)17)9-2-4-11-10(7-9)3-5-12(15)14-11/h2,4,6-7H,3,5H2,1H3,(H,14,15)(H,16,17)/b8-6+. The molecule has 1 aliphatic heterocycles. The number of carboxylic acids is 1. The summed E-state index contributed by atoms with van der Waals surface area (Å²) in [6.45, 7) is 1.76. The highest BCUT2D eigenvalue weighted by molar-refractivity contribution is 5.95. The molecule has 1 aromatic carbocycles. The molecule has 4 heteroatoms. The van der Waals surface area contributed by atoms with Gasteiger partial charge in [-0.05, 0) is 42.2 Å². The lowest BCUT2D eigenvalue weighted by Gasteiger charge is -2.17. The van der Waals surface area contributed by atoms with Crippen LogP contribution in [0.3, 0.4) is 0 Å². The van der Waals surface area contributed by atoms with Crippen molar-refractivity contribution < 1.29 is 14.7 Å². The van der Waals surface area contributed by atoms with Gasteiger partial charge in [-0.15, -0.1) is 0 Å². The van der Waals surface area contributed by atoms with Gasteiger partial charge in [0.2, 0.25) is 5.91 Å². The predicted octanol–water partition coefficient (Wildman–Crippen LogP) is 2.06. The van der Waals surface area contributed by atoms with Crippen molar-refractivity contribution in [1.29, 1.82) is 0 Å². The second-order valence-electron chi connectivity index (χ2n) is 4.09. The summed E-state index contributed by atoms with van der Waals surface area (Å²) in [6.07, 6.45) is 2.37. The first-order valence-electron chi connectivity index (χ1n) is 5.40. The summed E-state index contributed by atoms with van der Waals surface area (Å²) in [5, 5.41) is 11.5. The Morgan fingerprint density at radius 2 is 2.18 bits per heavy atom. The molecule has 0 aromatic heterocycles. The molecule has 0 atom stereocenters. The summed E-state index contributed by atoms with van der Waals surface area (Å²) in [7, 11) is 0. The average molecular weight is 231 g/mol. The molecule has 2 N–H and O–H groups in total. The number of carbonyl (C=O) groups is 2. The number of aryl methyl sites for hydroxylation is 1. The molecule has 2 rings (SSSR count). The molecule has 1 aromatic rings. The highest BCUT2D eigenvalue weighted by Gasteiger charge is 2.14. The van der Waals surface area contributed by atoms with Crippen molar-refractivity contribution in [2.24, 2.45) is 0 Å². The van der Waals surface area contributed by atoms with Crippen LogP contribution in [0.2, 0.25) is 0 Å². The maximum Gasteiger partial charge on any atom is 0.328 e. The summed E-state index contributed by atoms with van der Waals surface area (Å²) in [6, 6.07) is 5.57. The van der Waals surface area contributed by atoms with Gasteiger partial charge in [-0.3, -0.25) is 4.79 Å². The highest BCUT2D eigenvalue weighted by atomic mass is 16.4. The number of carbonyl (C=O) groups excluding carboxylic acids is 1. The van der Waals surface area contributed by atoms with Gasteiger partial charge in [0, 0.05) is 18.2 Å². The van der Waals surface area contributed by atoms with E-state index >= 15 is 0 Å². The van der Waals surface area contributed by atoms with Crippen LogP contribution in [0, 0.1) is 0 Å². The monoisotopic (exact) mass is 231 g/mol. The van der Waals surface area contributed by atoms with E-state index in [0.717, 1.165) is 16.8 Å². The largest absolute Gasteiger partial charge is 0.478 e. The maximum absolute atomic E-state index is 11.2. The SMILES string of the molecule is C/C(=C\C(=O)O)c1ccc2c(c1)CCC(=O)N2. The Bertz CT molecular complexity index is 517. The fourth-order valence-electron chi connectivity index (χ4n) is 1.90. The third kappa shape index (κ3) is 2.53. The lowest BCUT2D eigenvalue weighted by molar-refractivity contribution is -0.131. The molecule has 0 saturated carbocycles. The quantitative estimate of drug-likeness (QED) is 0.765. The van der Waals surface area contributed by atoms with Crippen molar-refractivity contribution in [3.05, 3.63) is 35.4 Å². The summed E-state index contributed by atoms with van der Waals surface area (Å²) >= 11 is 0. The zero-order valence-electron chi connectivity index (χ0n) is 9.49. The number of rotatable bonds is 2. The van der Waals surface area contributed by atoms with E-state index in [2.05, 4.69) is 5.32 Å². The summed E-state index contributed by atoms with van der Waals surface area (Å²) < 4.78 is 0. The fraction of sp³-hybridized carbons (Fsp3) is 0.231. The van der Waals surface area contributed by atoms with Crippen LogP contribution >= 0.6 is 0 Å². The predicted molar refractivity (Wildman–Crippen MR) is 64.7 cm³/mol. The summed E-state index contributed by atoms with van der Waals surface area (Å²) in [5.41, 5.74) is 3.47. The van der Waals surface area contributed by atoms with E-state index in [1.54, 1.807) is 6.92 Å². The molecule has 17 heavy (non-hydrogen) atoms. The maximum atomic E-state index is 11.2. The zero-order valence-corrected chi connectivity index (χ0v) is 9.49. The number of anilines is 1. The summed E-state index contributed by atoms with van der Waals surface area (Å²) in [5.74, 6) is -0.920. The Kier molecular flexibility index (Phi) is 2.95. The number of nitrogens with one attached hydrogen (secondary N) is 1. The molecule has 1 heterocycles. The zero-order chi connectivity index (χ0) is 12.4. The number of benzene rings is 1. The molecular formula is C13H13NO3. The number of aliphatic carboxylic acids is 1. The van der Waals surface area contributed by atoms with Crippen LogP contribution in [0.5, 0.6) is 0 Å². The number of amides is 1. The highest BCUT2D eigenvalue weighted by Crippen LogP contribution is 2.26. The molecule has 1 amide bonds. The minimum absolute atomic E-state index is 0.0306. The van der Waals surface area contributed by atoms with Crippen molar-refractivity contribution in [3.8, 4) is 0 Å². The van der Waals surface area contributed by atoms with Gasteiger partial charge in [-0.2, -0.15) is 0 Å². The van der Waals surface area contributed by atoms with Crippen LogP contribution in [-0.2, 0) is 16.0 Å². The van der Waals surface area contributed by atoms with Crippen molar-refractivity contribution in [2.45, 2.75) is 19.8 Å². The van der Waals surface area contributed by atoms with Crippen LogP contribution in [0.25, 0.3) is 5.57 Å². The van der Waals surface area contributed by atoms with Gasteiger partial charge in [0.05, 0.1) is 0 Å². The van der Waals surface area contributed by atoms with Gasteiger partial charge >= 0.3 is 5.97 Å². The van der Waals surface area contributed by atoms with Crippen molar-refractivity contribution in [3.63, 3.8) is 0 Å². The van der Waals surface area contributed by atoms with Crippen LogP contribution in [0.1, 0.15) is 24.5 Å². The molecule has 88 valence electrons. The Labute approximate surface area is 99.0 Å². The van der Waals surface area contributed by atoms with Crippen LogP contribution < -0.4 is 5.32 Å². The normalized spacial score (nSPS) is 15.1. The van der Waals surface area contributed by atoms with Crippen molar-refractivity contribution in [1.82, 2.24) is 0 Å². The number of hydrogen-bond acceptors (Lipinski definition) is 2. The molecule has 1 aliphatic rings. The Morgan fingerprint density at radius 3 is 2.88 bits per heavy atom. The van der Waals surface area contributed by atoms with Crippen LogP contribution in [0.4, 0.5) is 5.69 Å². The van der Waals surface area contributed by atoms with E-state index in [1.807, 2.05) is 18.2 Å². The van der Waals surface area contributed by atoms with Crippen molar-refractivity contribution in [2.75, 3.05) is 5.32 Å². The molecule has 0 fully saturated rings. The van der Waals surface area contributed by atoms with Crippen LogP contribution in [0.15, 0.2) is 24.3 Å². The average Bonchev–Trinajstić information content (AvgIpc) is 2.27. The van der Waals surface area contributed by atoms with E-state index in [9.17, 15) is 9.59 Å². The molecule has 0 radical (unpaired) electrons.